The average molecular weight is 328 g/mol. The molecule has 0 radical (unpaired) electrons. The van der Waals surface area contributed by atoms with Gasteiger partial charge >= 0.3 is 0 Å². The fraction of sp³-hybridized carbons (Fsp3) is 0.474. The van der Waals surface area contributed by atoms with Gasteiger partial charge in [-0.15, -0.1) is 0 Å². The van der Waals surface area contributed by atoms with Crippen molar-refractivity contribution in [2.45, 2.75) is 44.2 Å². The van der Waals surface area contributed by atoms with Crippen LogP contribution in [0, 0.1) is 0 Å². The molecule has 1 aliphatic carbocycles. The molecule has 1 aromatic heterocycles. The third-order valence-corrected chi connectivity index (χ3v) is 4.45. The summed E-state index contributed by atoms with van der Waals surface area (Å²) in [5.74, 6) is 0.964. The van der Waals surface area contributed by atoms with Crippen molar-refractivity contribution in [1.29, 1.82) is 0 Å². The smallest absolute Gasteiger partial charge is 0.222 e. The monoisotopic (exact) mass is 328 g/mol. The van der Waals surface area contributed by atoms with Crippen LogP contribution in [0.25, 0.3) is 10.9 Å². The van der Waals surface area contributed by atoms with Crippen LogP contribution in [-0.4, -0.2) is 36.8 Å². The van der Waals surface area contributed by atoms with Crippen molar-refractivity contribution < 1.29 is 14.3 Å². The van der Waals surface area contributed by atoms with Crippen molar-refractivity contribution in [3.63, 3.8) is 0 Å². The van der Waals surface area contributed by atoms with Crippen LogP contribution in [0.4, 0.5) is 0 Å². The minimum absolute atomic E-state index is 0.0725. The number of nitrogens with one attached hydrogen (secondary N) is 1. The Balaban J connectivity index is 1.48. The molecule has 5 heteroatoms. The Morgan fingerprint density at radius 1 is 1.25 bits per heavy atom. The quantitative estimate of drug-likeness (QED) is 0.885. The van der Waals surface area contributed by atoms with Gasteiger partial charge in [-0.3, -0.25) is 9.78 Å². The molecule has 0 aliphatic heterocycles. The molecule has 1 saturated carbocycles. The number of amides is 1. The van der Waals surface area contributed by atoms with Crippen molar-refractivity contribution in [1.82, 2.24) is 10.3 Å². The molecule has 0 atom stereocenters. The van der Waals surface area contributed by atoms with Gasteiger partial charge in [-0.05, 0) is 49.9 Å². The number of hydrogen-bond acceptors (Lipinski definition) is 4. The highest BCUT2D eigenvalue weighted by atomic mass is 16.5. The van der Waals surface area contributed by atoms with E-state index in [2.05, 4.69) is 10.3 Å². The van der Waals surface area contributed by atoms with Crippen LogP contribution in [-0.2, 0) is 9.53 Å². The number of hydrogen-bond donors (Lipinski definition) is 1. The summed E-state index contributed by atoms with van der Waals surface area (Å²) in [5.41, 5.74) is 0.979. The molecule has 0 saturated heterocycles. The molecule has 3 rings (SSSR count). The summed E-state index contributed by atoms with van der Waals surface area (Å²) < 4.78 is 11.1. The zero-order chi connectivity index (χ0) is 16.8. The molecule has 1 heterocycles. The second kappa shape index (κ2) is 8.11. The first-order valence-electron chi connectivity index (χ1n) is 8.54. The maximum atomic E-state index is 11.7. The topological polar surface area (TPSA) is 60.5 Å². The van der Waals surface area contributed by atoms with Crippen LogP contribution in [0.1, 0.15) is 32.1 Å². The normalized spacial score (nSPS) is 20.7. The molecular formula is C19H24N2O3. The molecule has 128 valence electrons. The fourth-order valence-corrected chi connectivity index (χ4v) is 3.14. The Hall–Kier alpha value is -2.14. The lowest BCUT2D eigenvalue weighted by molar-refractivity contribution is -0.123. The first kappa shape index (κ1) is 16.7. The van der Waals surface area contributed by atoms with Gasteiger partial charge in [0.05, 0.1) is 18.2 Å². The lowest BCUT2D eigenvalue weighted by Crippen LogP contribution is -2.40. The summed E-state index contributed by atoms with van der Waals surface area (Å²) in [4.78, 5) is 16.1. The molecule has 1 aromatic carbocycles. The zero-order valence-corrected chi connectivity index (χ0v) is 14.0. The number of fused-ring (bicyclic) bond motifs is 1. The van der Waals surface area contributed by atoms with Crippen LogP contribution in [0.3, 0.4) is 0 Å². The van der Waals surface area contributed by atoms with Gasteiger partial charge in [-0.2, -0.15) is 0 Å². The Bertz CT molecular complexity index is 681. The Labute approximate surface area is 142 Å². The number of aromatic nitrogens is 1. The molecule has 0 bridgehead atoms. The number of benzene rings is 1. The number of rotatable bonds is 6. The Morgan fingerprint density at radius 2 is 2.08 bits per heavy atom. The third kappa shape index (κ3) is 4.45. The molecule has 1 aliphatic rings. The Morgan fingerprint density at radius 3 is 2.88 bits per heavy atom. The maximum absolute atomic E-state index is 11.7. The summed E-state index contributed by atoms with van der Waals surface area (Å²) in [5, 5.41) is 4.17. The minimum atomic E-state index is 0.0725. The van der Waals surface area contributed by atoms with E-state index in [4.69, 9.17) is 9.47 Å². The van der Waals surface area contributed by atoms with E-state index in [1.165, 1.54) is 0 Å². The van der Waals surface area contributed by atoms with Gasteiger partial charge in [0.1, 0.15) is 5.75 Å². The summed E-state index contributed by atoms with van der Waals surface area (Å²) in [6.45, 7) is 0.473. The molecular weight excluding hydrogens is 304 g/mol. The molecule has 0 spiro atoms. The summed E-state index contributed by atoms with van der Waals surface area (Å²) in [6.07, 6.45) is 6.27. The van der Waals surface area contributed by atoms with Gasteiger partial charge in [-0.25, -0.2) is 0 Å². The zero-order valence-electron chi connectivity index (χ0n) is 14.0. The molecule has 1 N–H and O–H groups in total. The van der Waals surface area contributed by atoms with Gasteiger partial charge in [0, 0.05) is 31.2 Å². The largest absolute Gasteiger partial charge is 0.490 e. The Kier molecular flexibility index (Phi) is 5.64. The number of pyridine rings is 1. The van der Waals surface area contributed by atoms with Crippen molar-refractivity contribution in [3.05, 3.63) is 36.5 Å². The highest BCUT2D eigenvalue weighted by Gasteiger charge is 2.23. The second-order valence-electron chi connectivity index (χ2n) is 6.26. The second-order valence-corrected chi connectivity index (χ2v) is 6.26. The molecule has 1 amide bonds. The van der Waals surface area contributed by atoms with E-state index in [-0.39, 0.29) is 18.1 Å². The molecule has 1 fully saturated rings. The number of ether oxygens (including phenoxy) is 2. The first-order chi connectivity index (χ1) is 11.7. The van der Waals surface area contributed by atoms with Crippen molar-refractivity contribution >= 4 is 16.8 Å². The summed E-state index contributed by atoms with van der Waals surface area (Å²) >= 11 is 0. The van der Waals surface area contributed by atoms with E-state index in [0.717, 1.165) is 42.3 Å². The number of nitrogens with zero attached hydrogens (tertiary/aromatic N) is 1. The van der Waals surface area contributed by atoms with Gasteiger partial charge in [0.15, 0.2) is 0 Å². The molecule has 24 heavy (non-hydrogen) atoms. The highest BCUT2D eigenvalue weighted by molar-refractivity contribution is 5.79. The van der Waals surface area contributed by atoms with Gasteiger partial charge in [0.2, 0.25) is 5.91 Å². The number of carbonyl (C=O) groups excluding carboxylic acids is 1. The van der Waals surface area contributed by atoms with Crippen LogP contribution < -0.4 is 10.1 Å². The molecule has 0 unspecified atom stereocenters. The van der Waals surface area contributed by atoms with Crippen LogP contribution in [0.5, 0.6) is 5.75 Å². The fourth-order valence-electron chi connectivity index (χ4n) is 3.14. The third-order valence-electron chi connectivity index (χ3n) is 4.45. The SMILES string of the molecule is COCCC(=O)NC1CCC(Oc2ccc3ncccc3c2)CC1. The number of carbonyl (C=O) groups is 1. The van der Waals surface area contributed by atoms with E-state index < -0.39 is 0 Å². The van der Waals surface area contributed by atoms with Crippen molar-refractivity contribution in [3.8, 4) is 5.75 Å². The summed E-state index contributed by atoms with van der Waals surface area (Å²) in [6, 6.07) is 10.3. The van der Waals surface area contributed by atoms with Gasteiger partial charge in [0.25, 0.3) is 0 Å². The lowest BCUT2D eigenvalue weighted by atomic mass is 9.93. The van der Waals surface area contributed by atoms with Crippen LogP contribution >= 0.6 is 0 Å². The van der Waals surface area contributed by atoms with Gasteiger partial charge < -0.3 is 14.8 Å². The van der Waals surface area contributed by atoms with Crippen LogP contribution in [0.2, 0.25) is 0 Å². The minimum Gasteiger partial charge on any atom is -0.490 e. The summed E-state index contributed by atoms with van der Waals surface area (Å²) in [7, 11) is 1.61. The predicted octanol–water partition coefficient (Wildman–Crippen LogP) is 3.08. The van der Waals surface area contributed by atoms with Crippen molar-refractivity contribution in [2.75, 3.05) is 13.7 Å². The molecule has 2 aromatic rings. The van der Waals surface area contributed by atoms with Gasteiger partial charge in [-0.1, -0.05) is 6.07 Å². The lowest BCUT2D eigenvalue weighted by Gasteiger charge is -2.29. The van der Waals surface area contributed by atoms with Crippen molar-refractivity contribution in [2.24, 2.45) is 0 Å². The van der Waals surface area contributed by atoms with E-state index in [1.54, 1.807) is 13.3 Å². The predicted molar refractivity (Wildman–Crippen MR) is 93.1 cm³/mol. The van der Waals surface area contributed by atoms with E-state index in [1.807, 2.05) is 30.3 Å². The van der Waals surface area contributed by atoms with Crippen LogP contribution in [0.15, 0.2) is 36.5 Å². The highest BCUT2D eigenvalue weighted by Crippen LogP contribution is 2.26. The van der Waals surface area contributed by atoms with E-state index >= 15 is 0 Å². The van der Waals surface area contributed by atoms with E-state index in [9.17, 15) is 4.79 Å². The standard InChI is InChI=1S/C19H24N2O3/c1-23-12-10-19(22)21-15-4-6-16(7-5-15)24-17-8-9-18-14(13-17)3-2-11-20-18/h2-3,8-9,11,13,15-16H,4-7,10,12H2,1H3,(H,21,22). The van der Waals surface area contributed by atoms with E-state index in [0.29, 0.717) is 13.0 Å². The number of methoxy groups -OCH3 is 1. The molecule has 5 nitrogen and oxygen atoms in total. The average Bonchev–Trinajstić information content (AvgIpc) is 2.61. The maximum Gasteiger partial charge on any atom is 0.222 e. The first-order valence-corrected chi connectivity index (χ1v) is 8.54.